The van der Waals surface area contributed by atoms with Crippen molar-refractivity contribution in [3.05, 3.63) is 53.3 Å². The van der Waals surface area contributed by atoms with E-state index in [1.807, 2.05) is 32.9 Å². The molecule has 0 N–H and O–H groups in total. The van der Waals surface area contributed by atoms with E-state index >= 15 is 0 Å². The number of aromatic nitrogens is 1. The number of hydrogen-bond acceptors (Lipinski definition) is 6. The van der Waals surface area contributed by atoms with Gasteiger partial charge in [-0.2, -0.15) is 4.40 Å². The molecule has 0 amide bonds. The number of methoxy groups -OCH3 is 2. The van der Waals surface area contributed by atoms with Crippen LogP contribution in [-0.4, -0.2) is 39.8 Å². The predicted octanol–water partition coefficient (Wildman–Crippen LogP) is 3.65. The maximum absolute atomic E-state index is 12.7. The molecule has 0 unspecified atom stereocenters. The summed E-state index contributed by atoms with van der Waals surface area (Å²) in [4.78, 5) is 15.8. The summed E-state index contributed by atoms with van der Waals surface area (Å²) < 4.78 is 32.9. The second-order valence-electron chi connectivity index (χ2n) is 7.54. The van der Waals surface area contributed by atoms with E-state index in [0.29, 0.717) is 23.6 Å². The van der Waals surface area contributed by atoms with E-state index < -0.39 is 21.7 Å². The minimum Gasteiger partial charge on any atom is -0.497 e. The number of carbonyl (C=O) groups excluding carboxylic acids is 1. The maximum atomic E-state index is 12.7. The number of nitrogens with zero attached hydrogens (tertiary/aromatic N) is 2. The fourth-order valence-corrected chi connectivity index (χ4v) is 3.42. The van der Waals surface area contributed by atoms with Gasteiger partial charge in [0.25, 0.3) is 0 Å². The molecule has 29 heavy (non-hydrogen) atoms. The van der Waals surface area contributed by atoms with Gasteiger partial charge in [-0.3, -0.25) is 0 Å². The number of fused-ring (bicyclic) bond motifs is 1. The zero-order valence-corrected chi connectivity index (χ0v) is 17.9. The molecule has 0 aliphatic carbocycles. The lowest BCUT2D eigenvalue weighted by Crippen LogP contribution is -2.25. The summed E-state index contributed by atoms with van der Waals surface area (Å²) in [6.07, 6.45) is 1.63. The Morgan fingerprint density at radius 1 is 1.24 bits per heavy atom. The number of ether oxygens (including phenoxy) is 3. The first kappa shape index (κ1) is 21.0. The SMILES string of the molecule is COC(=O)c1ccc([C@H]2CC(=N[S@@](=O)C(C)(C)C)c3ccc(OC)cc3O2)cn1. The zero-order valence-electron chi connectivity index (χ0n) is 17.1. The molecule has 1 aliphatic rings. The first-order valence-electron chi connectivity index (χ1n) is 9.12. The van der Waals surface area contributed by atoms with Crippen molar-refractivity contribution in [3.8, 4) is 11.5 Å². The minimum atomic E-state index is -1.41. The van der Waals surface area contributed by atoms with E-state index in [4.69, 9.17) is 9.47 Å². The van der Waals surface area contributed by atoms with Gasteiger partial charge in [0.1, 0.15) is 34.3 Å². The molecular weight excluding hydrogens is 392 g/mol. The smallest absolute Gasteiger partial charge is 0.356 e. The average Bonchev–Trinajstić information content (AvgIpc) is 2.71. The molecule has 0 saturated heterocycles. The Hall–Kier alpha value is -2.74. The molecule has 3 rings (SSSR count). The lowest BCUT2D eigenvalue weighted by atomic mass is 9.96. The number of rotatable bonds is 4. The summed E-state index contributed by atoms with van der Waals surface area (Å²) in [7, 11) is 1.49. The fraction of sp³-hybridized carbons (Fsp3) is 0.381. The third kappa shape index (κ3) is 4.64. The van der Waals surface area contributed by atoms with Crippen molar-refractivity contribution >= 4 is 22.7 Å². The molecule has 2 atom stereocenters. The topological polar surface area (TPSA) is 87.1 Å². The van der Waals surface area contributed by atoms with Crippen molar-refractivity contribution in [3.63, 3.8) is 0 Å². The van der Waals surface area contributed by atoms with E-state index in [9.17, 15) is 9.00 Å². The van der Waals surface area contributed by atoms with E-state index in [0.717, 1.165) is 11.1 Å². The van der Waals surface area contributed by atoms with E-state index in [-0.39, 0.29) is 11.8 Å². The minimum absolute atomic E-state index is 0.219. The monoisotopic (exact) mass is 416 g/mol. The lowest BCUT2D eigenvalue weighted by Gasteiger charge is -2.28. The molecule has 0 bridgehead atoms. The van der Waals surface area contributed by atoms with Crippen LogP contribution in [0, 0.1) is 0 Å². The Labute approximate surface area is 172 Å². The third-order valence-electron chi connectivity index (χ3n) is 4.42. The Balaban J connectivity index is 2.00. The van der Waals surface area contributed by atoms with Crippen LogP contribution in [0.5, 0.6) is 11.5 Å². The molecular formula is C21H24N2O5S. The number of carbonyl (C=O) groups is 1. The fourth-order valence-electron chi connectivity index (χ4n) is 2.78. The number of benzene rings is 1. The Kier molecular flexibility index (Phi) is 6.02. The van der Waals surface area contributed by atoms with Gasteiger partial charge >= 0.3 is 5.97 Å². The van der Waals surface area contributed by atoms with Gasteiger partial charge in [-0.05, 0) is 39.0 Å². The lowest BCUT2D eigenvalue weighted by molar-refractivity contribution is 0.0593. The molecule has 1 aromatic carbocycles. The van der Waals surface area contributed by atoms with Gasteiger partial charge in [0.2, 0.25) is 0 Å². The van der Waals surface area contributed by atoms with Gasteiger partial charge in [-0.15, -0.1) is 0 Å². The van der Waals surface area contributed by atoms with Crippen molar-refractivity contribution in [2.75, 3.05) is 14.2 Å². The van der Waals surface area contributed by atoms with Crippen LogP contribution in [0.25, 0.3) is 0 Å². The van der Waals surface area contributed by atoms with Crippen LogP contribution < -0.4 is 9.47 Å². The van der Waals surface area contributed by atoms with Crippen LogP contribution in [0.3, 0.4) is 0 Å². The average molecular weight is 416 g/mol. The van der Waals surface area contributed by atoms with Crippen LogP contribution in [0.2, 0.25) is 0 Å². The summed E-state index contributed by atoms with van der Waals surface area (Å²) in [6, 6.07) is 8.84. The van der Waals surface area contributed by atoms with Crippen molar-refractivity contribution < 1.29 is 23.2 Å². The van der Waals surface area contributed by atoms with Crippen LogP contribution >= 0.6 is 0 Å². The first-order valence-corrected chi connectivity index (χ1v) is 10.2. The molecule has 0 fully saturated rings. The Bertz CT molecular complexity index is 964. The van der Waals surface area contributed by atoms with Crippen molar-refractivity contribution in [2.45, 2.75) is 38.0 Å². The molecule has 1 aliphatic heterocycles. The quantitative estimate of drug-likeness (QED) is 0.707. The highest BCUT2D eigenvalue weighted by atomic mass is 32.2. The van der Waals surface area contributed by atoms with Crippen LogP contribution in [0.1, 0.15) is 54.9 Å². The standard InChI is InChI=1S/C21H24N2O5S/c1-21(2,3)29(25)23-17-11-18(13-6-9-16(22-12-13)20(24)27-5)28-19-10-14(26-4)7-8-15(17)19/h6-10,12,18H,11H2,1-5H3/t18-,29+/m1/s1. The normalized spacial score (nSPS) is 18.5. The van der Waals surface area contributed by atoms with Gasteiger partial charge in [-0.25, -0.2) is 14.0 Å². The molecule has 7 nitrogen and oxygen atoms in total. The molecule has 8 heteroatoms. The van der Waals surface area contributed by atoms with Gasteiger partial charge in [0.15, 0.2) is 0 Å². The molecule has 154 valence electrons. The number of esters is 1. The molecule has 0 saturated carbocycles. The summed E-state index contributed by atoms with van der Waals surface area (Å²) in [5, 5.41) is 0. The summed E-state index contributed by atoms with van der Waals surface area (Å²) in [5.41, 5.74) is 2.49. The molecule has 0 radical (unpaired) electrons. The molecule has 0 spiro atoms. The van der Waals surface area contributed by atoms with E-state index in [2.05, 4.69) is 14.1 Å². The largest absolute Gasteiger partial charge is 0.497 e. The van der Waals surface area contributed by atoms with Crippen molar-refractivity contribution in [1.29, 1.82) is 0 Å². The number of hydrogen-bond donors (Lipinski definition) is 0. The van der Waals surface area contributed by atoms with E-state index in [1.165, 1.54) is 7.11 Å². The van der Waals surface area contributed by atoms with Crippen LogP contribution in [-0.2, 0) is 15.7 Å². The number of pyridine rings is 1. The summed E-state index contributed by atoms with van der Waals surface area (Å²) in [5.74, 6) is 0.751. The van der Waals surface area contributed by atoms with E-state index in [1.54, 1.807) is 31.5 Å². The van der Waals surface area contributed by atoms with Gasteiger partial charge < -0.3 is 14.2 Å². The second kappa shape index (κ2) is 8.32. The van der Waals surface area contributed by atoms with Gasteiger partial charge in [-0.1, -0.05) is 6.07 Å². The van der Waals surface area contributed by atoms with Gasteiger partial charge in [0, 0.05) is 29.8 Å². The summed E-state index contributed by atoms with van der Waals surface area (Å²) in [6.45, 7) is 5.65. The van der Waals surface area contributed by atoms with Gasteiger partial charge in [0.05, 0.1) is 24.7 Å². The highest BCUT2D eigenvalue weighted by molar-refractivity contribution is 7.85. The zero-order chi connectivity index (χ0) is 21.2. The molecule has 2 aromatic rings. The molecule has 2 heterocycles. The second-order valence-corrected chi connectivity index (χ2v) is 9.45. The Morgan fingerprint density at radius 2 is 2.00 bits per heavy atom. The summed E-state index contributed by atoms with van der Waals surface area (Å²) >= 11 is 0. The highest BCUT2D eigenvalue weighted by Gasteiger charge is 2.29. The highest BCUT2D eigenvalue weighted by Crippen LogP contribution is 2.37. The third-order valence-corrected chi connectivity index (χ3v) is 5.85. The molecule has 1 aromatic heterocycles. The van der Waals surface area contributed by atoms with Crippen molar-refractivity contribution in [2.24, 2.45) is 4.40 Å². The van der Waals surface area contributed by atoms with Crippen molar-refractivity contribution in [1.82, 2.24) is 4.98 Å². The van der Waals surface area contributed by atoms with Crippen LogP contribution in [0.15, 0.2) is 40.9 Å². The Morgan fingerprint density at radius 3 is 2.59 bits per heavy atom. The predicted molar refractivity (Wildman–Crippen MR) is 111 cm³/mol. The maximum Gasteiger partial charge on any atom is 0.356 e. The van der Waals surface area contributed by atoms with Crippen LogP contribution in [0.4, 0.5) is 0 Å². The first-order chi connectivity index (χ1) is 13.7.